The number of nitrogens with one attached hydrogen (secondary N) is 1. The van der Waals surface area contributed by atoms with Gasteiger partial charge in [-0.25, -0.2) is 0 Å². The Kier molecular flexibility index (Phi) is 4.56. The molecule has 3 heteroatoms. The van der Waals surface area contributed by atoms with E-state index in [1.807, 2.05) is 0 Å². The van der Waals surface area contributed by atoms with Crippen LogP contribution in [0.2, 0.25) is 0 Å². The van der Waals surface area contributed by atoms with E-state index in [1.54, 1.807) is 7.11 Å². The largest absolute Gasteiger partial charge is 0.383 e. The lowest BCUT2D eigenvalue weighted by Gasteiger charge is -2.45. The molecule has 0 aromatic rings. The average Bonchev–Trinajstić information content (AvgIpc) is 2.17. The van der Waals surface area contributed by atoms with Gasteiger partial charge in [0.05, 0.1) is 6.61 Å². The molecule has 1 heterocycles. The molecule has 1 aliphatic heterocycles. The fourth-order valence-electron chi connectivity index (χ4n) is 2.57. The number of likely N-dealkylation sites (tertiary alicyclic amines) is 1. The van der Waals surface area contributed by atoms with Crippen molar-refractivity contribution < 1.29 is 4.74 Å². The third kappa shape index (κ3) is 3.16. The summed E-state index contributed by atoms with van der Waals surface area (Å²) in [6.45, 7) is 10.0. The molecule has 1 aliphatic rings. The number of methoxy groups -OCH3 is 1. The maximum Gasteiger partial charge on any atom is 0.0641 e. The Morgan fingerprint density at radius 1 is 1.47 bits per heavy atom. The third-order valence-corrected chi connectivity index (χ3v) is 3.63. The number of hydrogen-bond acceptors (Lipinski definition) is 3. The summed E-state index contributed by atoms with van der Waals surface area (Å²) in [5.74, 6) is 0.722. The Labute approximate surface area is 94.2 Å². The topological polar surface area (TPSA) is 24.5 Å². The Morgan fingerprint density at radius 2 is 2.13 bits per heavy atom. The summed E-state index contributed by atoms with van der Waals surface area (Å²) in [6.07, 6.45) is 1.24. The zero-order chi connectivity index (χ0) is 11.5. The summed E-state index contributed by atoms with van der Waals surface area (Å²) in [7, 11) is 3.85. The molecule has 2 unspecified atom stereocenters. The minimum atomic E-state index is 0.168. The summed E-state index contributed by atoms with van der Waals surface area (Å²) in [5, 5.41) is 3.40. The van der Waals surface area contributed by atoms with Crippen LogP contribution >= 0.6 is 0 Å². The standard InChI is InChI=1S/C12H26N2O/c1-10-8-14(7-6-11(10)13-4)12(2,3)9-15-5/h10-11,13H,6-9H2,1-5H3. The van der Waals surface area contributed by atoms with Gasteiger partial charge in [0, 0.05) is 31.8 Å². The van der Waals surface area contributed by atoms with E-state index in [-0.39, 0.29) is 5.54 Å². The van der Waals surface area contributed by atoms with Crippen LogP contribution in [0.1, 0.15) is 27.2 Å². The molecule has 1 fully saturated rings. The predicted molar refractivity (Wildman–Crippen MR) is 64.2 cm³/mol. The van der Waals surface area contributed by atoms with Gasteiger partial charge >= 0.3 is 0 Å². The minimum absolute atomic E-state index is 0.168. The van der Waals surface area contributed by atoms with Crippen molar-refractivity contribution in [2.75, 3.05) is 33.9 Å². The molecule has 0 spiro atoms. The van der Waals surface area contributed by atoms with Crippen LogP contribution in [0.5, 0.6) is 0 Å². The second-order valence-electron chi connectivity index (χ2n) is 5.35. The quantitative estimate of drug-likeness (QED) is 0.764. The first-order valence-electron chi connectivity index (χ1n) is 5.92. The van der Waals surface area contributed by atoms with Gasteiger partial charge in [0.25, 0.3) is 0 Å². The van der Waals surface area contributed by atoms with Crippen LogP contribution < -0.4 is 5.32 Å². The van der Waals surface area contributed by atoms with Crippen LogP contribution in [0.4, 0.5) is 0 Å². The molecule has 90 valence electrons. The fourth-order valence-corrected chi connectivity index (χ4v) is 2.57. The maximum atomic E-state index is 5.29. The summed E-state index contributed by atoms with van der Waals surface area (Å²) >= 11 is 0. The average molecular weight is 214 g/mol. The van der Waals surface area contributed by atoms with Crippen molar-refractivity contribution in [2.45, 2.75) is 38.8 Å². The first-order valence-corrected chi connectivity index (χ1v) is 5.92. The molecular weight excluding hydrogens is 188 g/mol. The molecule has 3 nitrogen and oxygen atoms in total. The Bertz CT molecular complexity index is 194. The SMILES string of the molecule is CNC1CCN(C(C)(C)COC)CC1C. The molecule has 0 aromatic heterocycles. The van der Waals surface area contributed by atoms with Crippen LogP contribution in [0, 0.1) is 5.92 Å². The van der Waals surface area contributed by atoms with Crippen LogP contribution in [0.3, 0.4) is 0 Å². The number of ether oxygens (including phenoxy) is 1. The highest BCUT2D eigenvalue weighted by Crippen LogP contribution is 2.24. The van der Waals surface area contributed by atoms with Crippen molar-refractivity contribution in [3.05, 3.63) is 0 Å². The van der Waals surface area contributed by atoms with Crippen molar-refractivity contribution in [3.8, 4) is 0 Å². The van der Waals surface area contributed by atoms with Crippen LogP contribution in [-0.2, 0) is 4.74 Å². The van der Waals surface area contributed by atoms with Gasteiger partial charge in [-0.15, -0.1) is 0 Å². The molecule has 0 radical (unpaired) electrons. The number of piperidine rings is 1. The molecule has 1 rings (SSSR count). The van der Waals surface area contributed by atoms with Crippen molar-refractivity contribution in [3.63, 3.8) is 0 Å². The highest BCUT2D eigenvalue weighted by Gasteiger charge is 2.33. The van der Waals surface area contributed by atoms with E-state index in [0.29, 0.717) is 6.04 Å². The monoisotopic (exact) mass is 214 g/mol. The first-order chi connectivity index (χ1) is 7.01. The number of nitrogens with zero attached hydrogens (tertiary/aromatic N) is 1. The van der Waals surface area contributed by atoms with E-state index in [1.165, 1.54) is 19.5 Å². The predicted octanol–water partition coefficient (Wildman–Crippen LogP) is 1.34. The molecule has 0 bridgehead atoms. The first kappa shape index (κ1) is 12.9. The van der Waals surface area contributed by atoms with Gasteiger partial charge in [0.15, 0.2) is 0 Å². The maximum absolute atomic E-state index is 5.29. The summed E-state index contributed by atoms with van der Waals surface area (Å²) in [4.78, 5) is 2.55. The second-order valence-corrected chi connectivity index (χ2v) is 5.35. The van der Waals surface area contributed by atoms with Crippen LogP contribution in [0.15, 0.2) is 0 Å². The zero-order valence-corrected chi connectivity index (χ0v) is 10.8. The van der Waals surface area contributed by atoms with Crippen molar-refractivity contribution in [1.82, 2.24) is 10.2 Å². The van der Waals surface area contributed by atoms with Gasteiger partial charge in [0.2, 0.25) is 0 Å². The lowest BCUT2D eigenvalue weighted by atomic mass is 9.90. The Balaban J connectivity index is 2.53. The molecule has 1 N–H and O–H groups in total. The smallest absolute Gasteiger partial charge is 0.0641 e. The van der Waals surface area contributed by atoms with Crippen LogP contribution in [0.25, 0.3) is 0 Å². The fraction of sp³-hybridized carbons (Fsp3) is 1.00. The van der Waals surface area contributed by atoms with E-state index in [4.69, 9.17) is 4.74 Å². The van der Waals surface area contributed by atoms with Gasteiger partial charge in [-0.2, -0.15) is 0 Å². The summed E-state index contributed by atoms with van der Waals surface area (Å²) in [6, 6.07) is 0.680. The lowest BCUT2D eigenvalue weighted by Crippen LogP contribution is -2.56. The van der Waals surface area contributed by atoms with E-state index in [0.717, 1.165) is 12.5 Å². The van der Waals surface area contributed by atoms with Gasteiger partial charge in [-0.05, 0) is 33.2 Å². The van der Waals surface area contributed by atoms with Gasteiger partial charge in [-0.3, -0.25) is 4.90 Å². The molecular formula is C12H26N2O. The Morgan fingerprint density at radius 3 is 2.60 bits per heavy atom. The molecule has 1 saturated heterocycles. The van der Waals surface area contributed by atoms with Crippen molar-refractivity contribution >= 4 is 0 Å². The normalized spacial score (nSPS) is 29.4. The zero-order valence-electron chi connectivity index (χ0n) is 10.8. The Hall–Kier alpha value is -0.120. The van der Waals surface area contributed by atoms with Crippen molar-refractivity contribution in [2.24, 2.45) is 5.92 Å². The van der Waals surface area contributed by atoms with Gasteiger partial charge in [0.1, 0.15) is 0 Å². The second kappa shape index (κ2) is 5.28. The minimum Gasteiger partial charge on any atom is -0.383 e. The highest BCUT2D eigenvalue weighted by molar-refractivity contribution is 4.89. The highest BCUT2D eigenvalue weighted by atomic mass is 16.5. The van der Waals surface area contributed by atoms with E-state index in [2.05, 4.69) is 38.0 Å². The molecule has 2 atom stereocenters. The molecule has 0 aliphatic carbocycles. The molecule has 0 aromatic carbocycles. The van der Waals surface area contributed by atoms with Crippen LogP contribution in [-0.4, -0.2) is 50.3 Å². The third-order valence-electron chi connectivity index (χ3n) is 3.63. The lowest BCUT2D eigenvalue weighted by molar-refractivity contribution is 0.00224. The molecule has 15 heavy (non-hydrogen) atoms. The molecule has 0 saturated carbocycles. The van der Waals surface area contributed by atoms with Crippen molar-refractivity contribution in [1.29, 1.82) is 0 Å². The van der Waals surface area contributed by atoms with E-state index >= 15 is 0 Å². The summed E-state index contributed by atoms with van der Waals surface area (Å²) in [5.41, 5.74) is 0.168. The van der Waals surface area contributed by atoms with E-state index in [9.17, 15) is 0 Å². The van der Waals surface area contributed by atoms with E-state index < -0.39 is 0 Å². The number of hydrogen-bond donors (Lipinski definition) is 1. The number of rotatable bonds is 4. The van der Waals surface area contributed by atoms with Gasteiger partial charge < -0.3 is 10.1 Å². The van der Waals surface area contributed by atoms with Gasteiger partial charge in [-0.1, -0.05) is 6.92 Å². The molecule has 0 amide bonds. The summed E-state index contributed by atoms with van der Waals surface area (Å²) < 4.78 is 5.29.